The van der Waals surface area contributed by atoms with Crippen LogP contribution >= 0.6 is 0 Å². The standard InChI is InChI=1S/C10H9N7O3/c1-4-6(7-9(19)12-3-13-10(7)20-4)8(18)11-2-5-14-16-17-15-5/h3H,2H2,1H3,(H,11,18)(H,12,13,19)(H,14,15,16,17). The van der Waals surface area contributed by atoms with Gasteiger partial charge in [0.25, 0.3) is 11.5 Å². The Hall–Kier alpha value is -3.04. The number of amides is 1. The van der Waals surface area contributed by atoms with Gasteiger partial charge in [-0.2, -0.15) is 5.21 Å². The highest BCUT2D eigenvalue weighted by molar-refractivity contribution is 6.06. The van der Waals surface area contributed by atoms with E-state index in [9.17, 15) is 9.59 Å². The van der Waals surface area contributed by atoms with Crippen molar-refractivity contribution in [1.82, 2.24) is 35.9 Å². The summed E-state index contributed by atoms with van der Waals surface area (Å²) in [6.07, 6.45) is 1.22. The number of nitrogens with zero attached hydrogens (tertiary/aromatic N) is 4. The first-order valence-corrected chi connectivity index (χ1v) is 5.64. The summed E-state index contributed by atoms with van der Waals surface area (Å²) in [4.78, 5) is 30.2. The van der Waals surface area contributed by atoms with Gasteiger partial charge in [0.15, 0.2) is 5.82 Å². The molecule has 0 radical (unpaired) electrons. The molecule has 1 amide bonds. The number of tetrazole rings is 1. The Balaban J connectivity index is 1.95. The SMILES string of the molecule is Cc1oc2nc[nH]c(=O)c2c1C(=O)NCc1nn[nH]n1. The molecule has 0 aliphatic heterocycles. The van der Waals surface area contributed by atoms with Crippen LogP contribution in [0.4, 0.5) is 0 Å². The highest BCUT2D eigenvalue weighted by Gasteiger charge is 2.21. The third-order valence-electron chi connectivity index (χ3n) is 2.69. The molecule has 0 unspecified atom stereocenters. The number of aromatic amines is 2. The van der Waals surface area contributed by atoms with Gasteiger partial charge in [-0.25, -0.2) is 4.98 Å². The fourth-order valence-corrected chi connectivity index (χ4v) is 1.83. The largest absolute Gasteiger partial charge is 0.442 e. The molecule has 0 bridgehead atoms. The zero-order valence-corrected chi connectivity index (χ0v) is 10.3. The fraction of sp³-hybridized carbons (Fsp3) is 0.200. The molecule has 3 aromatic heterocycles. The Morgan fingerprint density at radius 1 is 1.50 bits per heavy atom. The second kappa shape index (κ2) is 4.57. The third-order valence-corrected chi connectivity index (χ3v) is 2.69. The van der Waals surface area contributed by atoms with Crippen LogP contribution in [0.5, 0.6) is 0 Å². The normalized spacial score (nSPS) is 10.8. The Labute approximate surface area is 110 Å². The predicted molar refractivity (Wildman–Crippen MR) is 64.7 cm³/mol. The lowest BCUT2D eigenvalue weighted by atomic mass is 10.2. The predicted octanol–water partition coefficient (Wildman–Crippen LogP) is -0.732. The van der Waals surface area contributed by atoms with Gasteiger partial charge in [-0.15, -0.1) is 10.2 Å². The molecule has 0 saturated heterocycles. The highest BCUT2D eigenvalue weighted by atomic mass is 16.3. The summed E-state index contributed by atoms with van der Waals surface area (Å²) >= 11 is 0. The van der Waals surface area contributed by atoms with E-state index in [1.807, 2.05) is 0 Å². The van der Waals surface area contributed by atoms with E-state index in [0.717, 1.165) is 0 Å². The Kier molecular flexibility index (Phi) is 2.75. The minimum Gasteiger partial charge on any atom is -0.442 e. The number of carbonyl (C=O) groups excluding carboxylic acids is 1. The third kappa shape index (κ3) is 1.92. The van der Waals surface area contributed by atoms with Crippen molar-refractivity contribution in [3.8, 4) is 0 Å². The highest BCUT2D eigenvalue weighted by Crippen LogP contribution is 2.20. The van der Waals surface area contributed by atoms with Crippen molar-refractivity contribution in [3.63, 3.8) is 0 Å². The number of carbonyl (C=O) groups is 1. The van der Waals surface area contributed by atoms with Gasteiger partial charge in [-0.1, -0.05) is 5.21 Å². The maximum Gasteiger partial charge on any atom is 0.262 e. The average Bonchev–Trinajstić information content (AvgIpc) is 3.03. The second-order valence-corrected chi connectivity index (χ2v) is 3.96. The van der Waals surface area contributed by atoms with E-state index in [1.54, 1.807) is 6.92 Å². The summed E-state index contributed by atoms with van der Waals surface area (Å²) in [5, 5.41) is 15.8. The quantitative estimate of drug-likeness (QED) is 0.571. The van der Waals surface area contributed by atoms with Gasteiger partial charge in [0.2, 0.25) is 5.71 Å². The van der Waals surface area contributed by atoms with E-state index in [0.29, 0.717) is 11.6 Å². The molecule has 0 fully saturated rings. The number of furan rings is 1. The molecular weight excluding hydrogens is 266 g/mol. The summed E-state index contributed by atoms with van der Waals surface area (Å²) in [5.74, 6) is 0.176. The van der Waals surface area contributed by atoms with Crippen molar-refractivity contribution in [3.05, 3.63) is 33.8 Å². The zero-order valence-electron chi connectivity index (χ0n) is 10.3. The Morgan fingerprint density at radius 2 is 2.35 bits per heavy atom. The molecule has 102 valence electrons. The number of nitrogens with one attached hydrogen (secondary N) is 3. The van der Waals surface area contributed by atoms with E-state index >= 15 is 0 Å². The van der Waals surface area contributed by atoms with Crippen molar-refractivity contribution in [2.45, 2.75) is 13.5 Å². The number of hydrogen-bond donors (Lipinski definition) is 3. The van der Waals surface area contributed by atoms with Crippen LogP contribution in [0.1, 0.15) is 21.9 Å². The van der Waals surface area contributed by atoms with Crippen LogP contribution in [0, 0.1) is 6.92 Å². The molecule has 0 aromatic carbocycles. The number of hydrogen-bond acceptors (Lipinski definition) is 7. The minimum absolute atomic E-state index is 0.0829. The summed E-state index contributed by atoms with van der Waals surface area (Å²) in [7, 11) is 0. The van der Waals surface area contributed by atoms with Crippen LogP contribution in [0.15, 0.2) is 15.5 Å². The Morgan fingerprint density at radius 3 is 3.10 bits per heavy atom. The van der Waals surface area contributed by atoms with E-state index in [1.165, 1.54) is 6.33 Å². The van der Waals surface area contributed by atoms with Crippen LogP contribution in [-0.2, 0) is 6.54 Å². The molecule has 3 N–H and O–H groups in total. The van der Waals surface area contributed by atoms with E-state index in [4.69, 9.17) is 4.42 Å². The lowest BCUT2D eigenvalue weighted by Gasteiger charge is -2.00. The number of aromatic nitrogens is 6. The molecule has 0 spiro atoms. The summed E-state index contributed by atoms with van der Waals surface area (Å²) in [5.41, 5.74) is -0.162. The maximum absolute atomic E-state index is 12.2. The fourth-order valence-electron chi connectivity index (χ4n) is 1.83. The van der Waals surface area contributed by atoms with Crippen LogP contribution in [0.2, 0.25) is 0 Å². The Bertz CT molecular complexity index is 817. The monoisotopic (exact) mass is 275 g/mol. The molecular formula is C10H9N7O3. The van der Waals surface area contributed by atoms with Crippen molar-refractivity contribution in [2.75, 3.05) is 0 Å². The summed E-state index contributed by atoms with van der Waals surface area (Å²) < 4.78 is 5.30. The van der Waals surface area contributed by atoms with Crippen molar-refractivity contribution in [2.24, 2.45) is 0 Å². The van der Waals surface area contributed by atoms with Crippen LogP contribution < -0.4 is 10.9 Å². The molecule has 10 nitrogen and oxygen atoms in total. The summed E-state index contributed by atoms with van der Waals surface area (Å²) in [6.45, 7) is 1.67. The number of fused-ring (bicyclic) bond motifs is 1. The first-order chi connectivity index (χ1) is 9.66. The van der Waals surface area contributed by atoms with Crippen LogP contribution in [-0.4, -0.2) is 36.5 Å². The van der Waals surface area contributed by atoms with E-state index < -0.39 is 11.5 Å². The molecule has 0 atom stereocenters. The first kappa shape index (κ1) is 12.0. The molecule has 3 heterocycles. The molecule has 20 heavy (non-hydrogen) atoms. The number of aryl methyl sites for hydroxylation is 1. The average molecular weight is 275 g/mol. The molecule has 0 aliphatic carbocycles. The van der Waals surface area contributed by atoms with Crippen LogP contribution in [0.25, 0.3) is 11.1 Å². The van der Waals surface area contributed by atoms with Crippen molar-refractivity contribution in [1.29, 1.82) is 0 Å². The van der Waals surface area contributed by atoms with E-state index in [-0.39, 0.29) is 23.2 Å². The topological polar surface area (TPSA) is 142 Å². The van der Waals surface area contributed by atoms with E-state index in [2.05, 4.69) is 35.9 Å². The van der Waals surface area contributed by atoms with Gasteiger partial charge in [0.05, 0.1) is 18.4 Å². The minimum atomic E-state index is -0.468. The van der Waals surface area contributed by atoms with Gasteiger partial charge in [0.1, 0.15) is 11.1 Å². The van der Waals surface area contributed by atoms with Gasteiger partial charge < -0.3 is 14.7 Å². The van der Waals surface area contributed by atoms with Crippen LogP contribution in [0.3, 0.4) is 0 Å². The molecule has 3 rings (SSSR count). The summed E-state index contributed by atoms with van der Waals surface area (Å²) in [6, 6.07) is 0. The van der Waals surface area contributed by atoms with Gasteiger partial charge in [0, 0.05) is 0 Å². The van der Waals surface area contributed by atoms with Gasteiger partial charge >= 0.3 is 0 Å². The molecule has 0 saturated carbocycles. The zero-order chi connectivity index (χ0) is 14.1. The number of rotatable bonds is 3. The van der Waals surface area contributed by atoms with Crippen molar-refractivity contribution >= 4 is 17.0 Å². The first-order valence-electron chi connectivity index (χ1n) is 5.64. The van der Waals surface area contributed by atoms with Crippen molar-refractivity contribution < 1.29 is 9.21 Å². The lowest BCUT2D eigenvalue weighted by molar-refractivity contribution is 0.0949. The number of H-pyrrole nitrogens is 2. The van der Waals surface area contributed by atoms with Gasteiger partial charge in [-0.05, 0) is 6.92 Å². The molecule has 3 aromatic rings. The second-order valence-electron chi connectivity index (χ2n) is 3.96. The van der Waals surface area contributed by atoms with Gasteiger partial charge in [-0.3, -0.25) is 9.59 Å². The smallest absolute Gasteiger partial charge is 0.262 e. The lowest BCUT2D eigenvalue weighted by Crippen LogP contribution is -2.25. The molecule has 10 heteroatoms. The molecule has 0 aliphatic rings. The maximum atomic E-state index is 12.2.